The van der Waals surface area contributed by atoms with Crippen LogP contribution in [-0.4, -0.2) is 53.0 Å². The highest BCUT2D eigenvalue weighted by molar-refractivity contribution is 5.88. The van der Waals surface area contributed by atoms with Gasteiger partial charge in [0, 0.05) is 43.4 Å². The number of aromatic amines is 1. The second-order valence-corrected chi connectivity index (χ2v) is 7.03. The molecule has 9 nitrogen and oxygen atoms in total. The number of aliphatic imine (C=N–C) groups is 1. The van der Waals surface area contributed by atoms with Gasteiger partial charge in [0.15, 0.2) is 11.8 Å². The second kappa shape index (κ2) is 10.00. The number of aromatic nitrogens is 4. The van der Waals surface area contributed by atoms with Gasteiger partial charge < -0.3 is 29.7 Å². The number of nitrogens with zero attached hydrogens (tertiary/aromatic N) is 4. The van der Waals surface area contributed by atoms with E-state index in [4.69, 9.17) is 9.47 Å². The Bertz CT molecular complexity index is 1010. The second-order valence-electron chi connectivity index (χ2n) is 7.03. The van der Waals surface area contributed by atoms with Crippen molar-refractivity contribution in [2.24, 2.45) is 12.0 Å². The van der Waals surface area contributed by atoms with Gasteiger partial charge in [-0.1, -0.05) is 0 Å². The lowest BCUT2D eigenvalue weighted by molar-refractivity contribution is 0.398. The van der Waals surface area contributed by atoms with Crippen LogP contribution in [0.1, 0.15) is 30.7 Å². The van der Waals surface area contributed by atoms with Gasteiger partial charge in [0.25, 0.3) is 0 Å². The van der Waals surface area contributed by atoms with E-state index in [1.165, 1.54) is 0 Å². The first-order chi connectivity index (χ1) is 14.5. The molecule has 0 fully saturated rings. The van der Waals surface area contributed by atoms with Crippen LogP contribution >= 0.6 is 0 Å². The van der Waals surface area contributed by atoms with Gasteiger partial charge in [-0.15, -0.1) is 10.2 Å². The number of nitrogens with one attached hydrogen (secondary N) is 3. The summed E-state index contributed by atoms with van der Waals surface area (Å²) in [5.41, 5.74) is 2.18. The third-order valence-corrected chi connectivity index (χ3v) is 5.01. The highest BCUT2D eigenvalue weighted by Gasteiger charge is 2.09. The molecule has 30 heavy (non-hydrogen) atoms. The van der Waals surface area contributed by atoms with E-state index < -0.39 is 0 Å². The zero-order valence-electron chi connectivity index (χ0n) is 18.4. The predicted octanol–water partition coefficient (Wildman–Crippen LogP) is 2.31. The maximum atomic E-state index is 5.49. The third kappa shape index (κ3) is 5.03. The summed E-state index contributed by atoms with van der Waals surface area (Å²) in [4.78, 5) is 8.07. The molecule has 3 rings (SSSR count). The lowest BCUT2D eigenvalue weighted by Gasteiger charge is -2.11. The molecule has 162 valence electrons. The first kappa shape index (κ1) is 21.5. The van der Waals surface area contributed by atoms with E-state index in [2.05, 4.69) is 43.8 Å². The SMILES string of the molecule is CCNC(=NCc1nnc(C)n1C)NCCCc1cc2c(OC)cc(OC)cc2[nH]1. The van der Waals surface area contributed by atoms with E-state index in [-0.39, 0.29) is 0 Å². The first-order valence-corrected chi connectivity index (χ1v) is 10.2. The number of aryl methyl sites for hydroxylation is 2. The van der Waals surface area contributed by atoms with E-state index in [0.717, 1.165) is 71.6 Å². The molecule has 0 saturated carbocycles. The summed E-state index contributed by atoms with van der Waals surface area (Å²) in [5, 5.41) is 16.0. The number of methoxy groups -OCH3 is 2. The molecule has 0 saturated heterocycles. The van der Waals surface area contributed by atoms with Crippen LogP contribution in [0.25, 0.3) is 10.9 Å². The molecule has 9 heteroatoms. The number of benzene rings is 1. The van der Waals surface area contributed by atoms with Crippen molar-refractivity contribution in [3.05, 3.63) is 35.5 Å². The van der Waals surface area contributed by atoms with Crippen LogP contribution in [0.3, 0.4) is 0 Å². The maximum absolute atomic E-state index is 5.49. The van der Waals surface area contributed by atoms with Crippen LogP contribution in [0.2, 0.25) is 0 Å². The summed E-state index contributed by atoms with van der Waals surface area (Å²) < 4.78 is 12.8. The predicted molar refractivity (Wildman–Crippen MR) is 118 cm³/mol. The zero-order valence-corrected chi connectivity index (χ0v) is 18.4. The van der Waals surface area contributed by atoms with Gasteiger partial charge in [-0.2, -0.15) is 0 Å². The molecule has 2 heterocycles. The van der Waals surface area contributed by atoms with Gasteiger partial charge in [0.1, 0.15) is 23.9 Å². The Morgan fingerprint density at radius 2 is 2.00 bits per heavy atom. The molecule has 0 aliphatic carbocycles. The Labute approximate surface area is 176 Å². The fourth-order valence-electron chi connectivity index (χ4n) is 3.22. The molecule has 0 unspecified atom stereocenters. The minimum atomic E-state index is 0.482. The van der Waals surface area contributed by atoms with Gasteiger partial charge in [-0.25, -0.2) is 4.99 Å². The monoisotopic (exact) mass is 413 g/mol. The number of ether oxygens (including phenoxy) is 2. The van der Waals surface area contributed by atoms with Crippen LogP contribution in [0, 0.1) is 6.92 Å². The lowest BCUT2D eigenvalue weighted by Crippen LogP contribution is -2.38. The molecule has 0 radical (unpaired) electrons. The Morgan fingerprint density at radius 3 is 2.67 bits per heavy atom. The average Bonchev–Trinajstić information content (AvgIpc) is 3.31. The van der Waals surface area contributed by atoms with Crippen molar-refractivity contribution in [2.75, 3.05) is 27.3 Å². The highest BCUT2D eigenvalue weighted by atomic mass is 16.5. The summed E-state index contributed by atoms with van der Waals surface area (Å²) in [7, 11) is 5.28. The maximum Gasteiger partial charge on any atom is 0.191 e. The number of hydrogen-bond acceptors (Lipinski definition) is 5. The summed E-state index contributed by atoms with van der Waals surface area (Å²) in [6, 6.07) is 6.03. The fourth-order valence-corrected chi connectivity index (χ4v) is 3.22. The van der Waals surface area contributed by atoms with Crippen molar-refractivity contribution >= 4 is 16.9 Å². The van der Waals surface area contributed by atoms with Crippen LogP contribution in [0.5, 0.6) is 11.5 Å². The highest BCUT2D eigenvalue weighted by Crippen LogP contribution is 2.31. The van der Waals surface area contributed by atoms with Crippen LogP contribution in [-0.2, 0) is 20.0 Å². The van der Waals surface area contributed by atoms with Crippen molar-refractivity contribution in [1.29, 1.82) is 0 Å². The van der Waals surface area contributed by atoms with Gasteiger partial charge in [-0.05, 0) is 32.8 Å². The Morgan fingerprint density at radius 1 is 1.17 bits per heavy atom. The van der Waals surface area contributed by atoms with Gasteiger partial charge in [0.2, 0.25) is 0 Å². The Hall–Kier alpha value is -3.23. The smallest absolute Gasteiger partial charge is 0.191 e. The molecule has 0 aliphatic rings. The Balaban J connectivity index is 1.57. The molecule has 0 amide bonds. The molecule has 0 aliphatic heterocycles. The van der Waals surface area contributed by atoms with E-state index >= 15 is 0 Å². The van der Waals surface area contributed by atoms with Crippen molar-refractivity contribution in [3.63, 3.8) is 0 Å². The summed E-state index contributed by atoms with van der Waals surface area (Å²) in [6.07, 6.45) is 1.87. The molecule has 3 N–H and O–H groups in total. The number of H-pyrrole nitrogens is 1. The van der Waals surface area contributed by atoms with Crippen LogP contribution in [0.15, 0.2) is 23.2 Å². The number of fused-ring (bicyclic) bond motifs is 1. The lowest BCUT2D eigenvalue weighted by atomic mass is 10.2. The molecular formula is C21H31N7O2. The van der Waals surface area contributed by atoms with Gasteiger partial charge in [0.05, 0.1) is 19.7 Å². The first-order valence-electron chi connectivity index (χ1n) is 10.2. The molecule has 0 bridgehead atoms. The molecule has 2 aromatic heterocycles. The molecular weight excluding hydrogens is 382 g/mol. The van der Waals surface area contributed by atoms with E-state index in [0.29, 0.717) is 6.54 Å². The number of rotatable bonds is 9. The van der Waals surface area contributed by atoms with Crippen LogP contribution < -0.4 is 20.1 Å². The van der Waals surface area contributed by atoms with Crippen LogP contribution in [0.4, 0.5) is 0 Å². The quantitative estimate of drug-likeness (QED) is 0.283. The van der Waals surface area contributed by atoms with Gasteiger partial charge in [-0.3, -0.25) is 0 Å². The summed E-state index contributed by atoms with van der Waals surface area (Å²) >= 11 is 0. The largest absolute Gasteiger partial charge is 0.497 e. The van der Waals surface area contributed by atoms with E-state index in [9.17, 15) is 0 Å². The number of hydrogen-bond donors (Lipinski definition) is 3. The van der Waals surface area contributed by atoms with Crippen molar-refractivity contribution in [1.82, 2.24) is 30.4 Å². The average molecular weight is 414 g/mol. The normalized spacial score (nSPS) is 11.7. The fraction of sp³-hybridized carbons (Fsp3) is 0.476. The van der Waals surface area contributed by atoms with Gasteiger partial charge >= 0.3 is 0 Å². The topological polar surface area (TPSA) is 101 Å². The third-order valence-electron chi connectivity index (χ3n) is 5.01. The molecule has 1 aromatic carbocycles. The van der Waals surface area contributed by atoms with Crippen molar-refractivity contribution in [2.45, 2.75) is 33.2 Å². The standard InChI is InChI=1S/C21H31N7O2/c1-6-22-21(24-13-20-27-26-14(2)28(20)3)23-9-7-8-15-10-17-18(25-15)11-16(29-4)12-19(17)30-5/h10-12,25H,6-9,13H2,1-5H3,(H2,22,23,24). The zero-order chi connectivity index (χ0) is 21.5. The minimum Gasteiger partial charge on any atom is -0.497 e. The van der Waals surface area contributed by atoms with E-state index in [1.807, 2.05) is 30.7 Å². The minimum absolute atomic E-state index is 0.482. The van der Waals surface area contributed by atoms with Crippen molar-refractivity contribution in [3.8, 4) is 11.5 Å². The van der Waals surface area contributed by atoms with Crippen molar-refractivity contribution < 1.29 is 9.47 Å². The van der Waals surface area contributed by atoms with E-state index in [1.54, 1.807) is 14.2 Å². The Kier molecular flexibility index (Phi) is 7.16. The molecule has 3 aromatic rings. The molecule has 0 atom stereocenters. The summed E-state index contributed by atoms with van der Waals surface area (Å²) in [6.45, 7) is 6.07. The number of guanidine groups is 1. The summed E-state index contributed by atoms with van der Waals surface area (Å²) in [5.74, 6) is 4.09. The molecule has 0 spiro atoms.